The molecule has 9 nitrogen and oxygen atoms in total. The van der Waals surface area contributed by atoms with Gasteiger partial charge in [0.25, 0.3) is 0 Å². The molecule has 3 heterocycles. The SMILES string of the molecule is Cc1csc(-c2[nH]c(CNC(=O)CN(C)C(=O)OC(C)(C)C)nc2-c2ccc3ncsc3c2)n1. The molecule has 0 radical (unpaired) electrons. The number of rotatable bonds is 6. The van der Waals surface area contributed by atoms with Gasteiger partial charge in [-0.25, -0.2) is 19.7 Å². The van der Waals surface area contributed by atoms with Gasteiger partial charge in [-0.2, -0.15) is 0 Å². The summed E-state index contributed by atoms with van der Waals surface area (Å²) < 4.78 is 6.36. The topological polar surface area (TPSA) is 113 Å². The molecular weight excluding hydrogens is 472 g/mol. The molecule has 0 aliphatic rings. The maximum Gasteiger partial charge on any atom is 0.410 e. The molecule has 0 aliphatic heterocycles. The van der Waals surface area contributed by atoms with Crippen molar-refractivity contribution in [1.29, 1.82) is 0 Å². The van der Waals surface area contributed by atoms with Crippen LogP contribution in [0.2, 0.25) is 0 Å². The van der Waals surface area contributed by atoms with Gasteiger partial charge in [-0.05, 0) is 39.8 Å². The number of nitrogens with one attached hydrogen (secondary N) is 2. The molecule has 0 aliphatic carbocycles. The summed E-state index contributed by atoms with van der Waals surface area (Å²) in [7, 11) is 1.52. The highest BCUT2D eigenvalue weighted by atomic mass is 32.1. The summed E-state index contributed by atoms with van der Waals surface area (Å²) in [5.74, 6) is 0.277. The van der Waals surface area contributed by atoms with Gasteiger partial charge in [0.2, 0.25) is 5.91 Å². The Bertz CT molecular complexity index is 1330. The number of benzene rings is 1. The number of imidazole rings is 1. The summed E-state index contributed by atoms with van der Waals surface area (Å²) in [5.41, 5.74) is 5.57. The first kappa shape index (κ1) is 23.8. The van der Waals surface area contributed by atoms with Crippen molar-refractivity contribution in [2.24, 2.45) is 0 Å². The van der Waals surface area contributed by atoms with Crippen molar-refractivity contribution in [3.05, 3.63) is 40.6 Å². The minimum Gasteiger partial charge on any atom is -0.444 e. The van der Waals surface area contributed by atoms with E-state index >= 15 is 0 Å². The van der Waals surface area contributed by atoms with Gasteiger partial charge < -0.3 is 19.9 Å². The zero-order chi connectivity index (χ0) is 24.5. The molecule has 178 valence electrons. The average Bonchev–Trinajstić information content (AvgIpc) is 3.49. The van der Waals surface area contributed by atoms with E-state index < -0.39 is 11.7 Å². The number of fused-ring (bicyclic) bond motifs is 1. The first-order chi connectivity index (χ1) is 16.1. The Hall–Kier alpha value is -3.31. The van der Waals surface area contributed by atoms with Crippen molar-refractivity contribution in [2.45, 2.75) is 39.8 Å². The number of aryl methyl sites for hydroxylation is 1. The Morgan fingerprint density at radius 2 is 2.00 bits per heavy atom. The smallest absolute Gasteiger partial charge is 0.410 e. The fraction of sp³-hybridized carbons (Fsp3) is 0.348. The lowest BCUT2D eigenvalue weighted by atomic mass is 10.1. The van der Waals surface area contributed by atoms with Crippen LogP contribution in [0.5, 0.6) is 0 Å². The lowest BCUT2D eigenvalue weighted by Crippen LogP contribution is -2.40. The van der Waals surface area contributed by atoms with Gasteiger partial charge in [0, 0.05) is 23.7 Å². The van der Waals surface area contributed by atoms with E-state index in [1.54, 1.807) is 32.1 Å². The summed E-state index contributed by atoms with van der Waals surface area (Å²) in [4.78, 5) is 42.8. The van der Waals surface area contributed by atoms with Crippen LogP contribution in [-0.4, -0.2) is 56.0 Å². The highest BCUT2D eigenvalue weighted by Crippen LogP contribution is 2.34. The number of aromatic amines is 1. The molecule has 4 aromatic rings. The van der Waals surface area contributed by atoms with Crippen molar-refractivity contribution in [1.82, 2.24) is 30.2 Å². The monoisotopic (exact) mass is 498 g/mol. The molecule has 0 atom stereocenters. The fourth-order valence-electron chi connectivity index (χ4n) is 3.20. The lowest BCUT2D eigenvalue weighted by Gasteiger charge is -2.24. The van der Waals surface area contributed by atoms with Gasteiger partial charge >= 0.3 is 6.09 Å². The van der Waals surface area contributed by atoms with Crippen LogP contribution < -0.4 is 5.32 Å². The second kappa shape index (κ2) is 9.51. The van der Waals surface area contributed by atoms with Crippen molar-refractivity contribution in [3.63, 3.8) is 0 Å². The predicted octanol–water partition coefficient (Wildman–Crippen LogP) is 4.60. The van der Waals surface area contributed by atoms with E-state index in [0.717, 1.165) is 37.9 Å². The average molecular weight is 499 g/mol. The van der Waals surface area contributed by atoms with Crippen LogP contribution in [0.25, 0.3) is 32.2 Å². The van der Waals surface area contributed by atoms with Crippen molar-refractivity contribution < 1.29 is 14.3 Å². The normalized spacial score (nSPS) is 11.6. The van der Waals surface area contributed by atoms with Crippen molar-refractivity contribution in [2.75, 3.05) is 13.6 Å². The zero-order valence-electron chi connectivity index (χ0n) is 19.6. The molecule has 0 fully saturated rings. The summed E-state index contributed by atoms with van der Waals surface area (Å²) in [5, 5.41) is 5.63. The lowest BCUT2D eigenvalue weighted by molar-refractivity contribution is -0.122. The quantitative estimate of drug-likeness (QED) is 0.402. The van der Waals surface area contributed by atoms with E-state index in [2.05, 4.69) is 26.3 Å². The highest BCUT2D eigenvalue weighted by Gasteiger charge is 2.22. The molecule has 34 heavy (non-hydrogen) atoms. The Morgan fingerprint density at radius 1 is 1.21 bits per heavy atom. The second-order valence-corrected chi connectivity index (χ2v) is 10.6. The zero-order valence-corrected chi connectivity index (χ0v) is 21.3. The third-order valence-corrected chi connectivity index (χ3v) is 6.50. The molecular formula is C23H26N6O3S2. The van der Waals surface area contributed by atoms with Gasteiger partial charge in [-0.3, -0.25) is 4.79 Å². The highest BCUT2D eigenvalue weighted by molar-refractivity contribution is 7.16. The number of carbonyl (C=O) groups excluding carboxylic acids is 2. The van der Waals surface area contributed by atoms with Gasteiger partial charge in [-0.15, -0.1) is 22.7 Å². The Balaban J connectivity index is 1.51. The van der Waals surface area contributed by atoms with Crippen LogP contribution in [-0.2, 0) is 16.1 Å². The Kier molecular flexibility index (Phi) is 6.67. The minimum atomic E-state index is -0.626. The standard InChI is InChI=1S/C23H26N6O3S2/c1-13-11-33-21(26-13)20-19(14-6-7-15-16(8-14)34-12-25-15)27-17(28-20)9-24-18(30)10-29(5)22(31)32-23(2,3)4/h6-8,11-12H,9-10H2,1-5H3,(H,24,30)(H,27,28). The van der Waals surface area contributed by atoms with Crippen molar-refractivity contribution >= 4 is 44.9 Å². The molecule has 0 spiro atoms. The van der Waals surface area contributed by atoms with Crippen LogP contribution in [0.1, 0.15) is 32.3 Å². The number of amides is 2. The van der Waals surface area contributed by atoms with E-state index in [1.807, 2.05) is 29.9 Å². The first-order valence-corrected chi connectivity index (χ1v) is 12.4. The Morgan fingerprint density at radius 3 is 2.71 bits per heavy atom. The number of hydrogen-bond acceptors (Lipinski definition) is 8. The molecule has 11 heteroatoms. The molecule has 4 rings (SSSR count). The second-order valence-electron chi connectivity index (χ2n) is 8.85. The molecule has 0 saturated carbocycles. The van der Waals surface area contributed by atoms with Gasteiger partial charge in [-0.1, -0.05) is 6.07 Å². The number of hydrogen-bond donors (Lipinski definition) is 2. The van der Waals surface area contributed by atoms with Crippen LogP contribution in [0, 0.1) is 6.92 Å². The number of carbonyl (C=O) groups is 2. The molecule has 0 bridgehead atoms. The number of nitrogens with zero attached hydrogens (tertiary/aromatic N) is 4. The third-order valence-electron chi connectivity index (χ3n) is 4.73. The molecule has 2 N–H and O–H groups in total. The molecule has 3 aromatic heterocycles. The van der Waals surface area contributed by atoms with E-state index in [0.29, 0.717) is 5.82 Å². The summed E-state index contributed by atoms with van der Waals surface area (Å²) in [6.45, 7) is 7.34. The molecule has 0 saturated heterocycles. The van der Waals surface area contributed by atoms with Crippen LogP contribution >= 0.6 is 22.7 Å². The maximum absolute atomic E-state index is 12.4. The van der Waals surface area contributed by atoms with Gasteiger partial charge in [0.05, 0.1) is 28.0 Å². The van der Waals surface area contributed by atoms with Crippen LogP contribution in [0.3, 0.4) is 0 Å². The predicted molar refractivity (Wildman–Crippen MR) is 134 cm³/mol. The largest absolute Gasteiger partial charge is 0.444 e. The van der Waals surface area contributed by atoms with Gasteiger partial charge in [0.15, 0.2) is 0 Å². The molecule has 0 unspecified atom stereocenters. The first-order valence-electron chi connectivity index (χ1n) is 10.6. The number of H-pyrrole nitrogens is 1. The minimum absolute atomic E-state index is 0.122. The summed E-state index contributed by atoms with van der Waals surface area (Å²) >= 11 is 3.11. The summed E-state index contributed by atoms with van der Waals surface area (Å²) in [6.07, 6.45) is -0.553. The number of likely N-dealkylation sites (N-methyl/N-ethyl adjacent to an activating group) is 1. The van der Waals surface area contributed by atoms with Crippen LogP contribution in [0.15, 0.2) is 29.1 Å². The molecule has 2 amide bonds. The molecule has 1 aromatic carbocycles. The van der Waals surface area contributed by atoms with E-state index in [1.165, 1.54) is 23.3 Å². The maximum atomic E-state index is 12.4. The van der Waals surface area contributed by atoms with Gasteiger partial charge in [0.1, 0.15) is 28.7 Å². The fourth-order valence-corrected chi connectivity index (χ4v) is 4.71. The van der Waals surface area contributed by atoms with Crippen LogP contribution in [0.4, 0.5) is 4.79 Å². The summed E-state index contributed by atoms with van der Waals surface area (Å²) in [6, 6.07) is 6.02. The number of ether oxygens (including phenoxy) is 1. The number of aromatic nitrogens is 4. The number of thiazole rings is 2. The van der Waals surface area contributed by atoms with E-state index in [-0.39, 0.29) is 19.0 Å². The van der Waals surface area contributed by atoms with E-state index in [9.17, 15) is 9.59 Å². The van der Waals surface area contributed by atoms with Crippen molar-refractivity contribution in [3.8, 4) is 22.0 Å². The van der Waals surface area contributed by atoms with E-state index in [4.69, 9.17) is 9.72 Å². The Labute approximate surface area is 205 Å². The third kappa shape index (κ3) is 5.60.